The number of carbonyl (C=O) groups excluding carboxylic acids is 2. The van der Waals surface area contributed by atoms with E-state index in [0.29, 0.717) is 16.3 Å². The van der Waals surface area contributed by atoms with Crippen molar-refractivity contribution in [3.8, 4) is 12.1 Å². The van der Waals surface area contributed by atoms with Gasteiger partial charge in [-0.2, -0.15) is 10.5 Å². The first-order valence-electron chi connectivity index (χ1n) is 10.8. The van der Waals surface area contributed by atoms with Gasteiger partial charge in [-0.25, -0.2) is 8.78 Å². The third-order valence-corrected chi connectivity index (χ3v) is 6.72. The Hall–Kier alpha value is -4.08. The number of halogens is 2. The molecule has 3 aromatic rings. The zero-order chi connectivity index (χ0) is 25.3. The minimum atomic E-state index is -1.05. The Morgan fingerprint density at radius 3 is 2.51 bits per heavy atom. The molecule has 4 rings (SSSR count). The summed E-state index contributed by atoms with van der Waals surface area (Å²) in [7, 11) is 0. The Labute approximate surface area is 205 Å². The smallest absolute Gasteiger partial charge is 0.254 e. The predicted molar refractivity (Wildman–Crippen MR) is 127 cm³/mol. The summed E-state index contributed by atoms with van der Waals surface area (Å²) >= 11 is 1.16. The molecular formula is C26H20F2N4O2S. The Balaban J connectivity index is 1.88. The van der Waals surface area contributed by atoms with Crippen LogP contribution in [0.3, 0.4) is 0 Å². The molecule has 0 aliphatic carbocycles. The van der Waals surface area contributed by atoms with E-state index in [1.807, 2.05) is 19.9 Å². The van der Waals surface area contributed by atoms with E-state index in [1.165, 1.54) is 24.3 Å². The molecule has 1 aromatic heterocycles. The van der Waals surface area contributed by atoms with Crippen LogP contribution in [0.15, 0.2) is 48.5 Å². The van der Waals surface area contributed by atoms with Crippen LogP contribution in [-0.4, -0.2) is 23.3 Å². The summed E-state index contributed by atoms with van der Waals surface area (Å²) in [6.45, 7) is 4.19. The molecular weight excluding hydrogens is 470 g/mol. The zero-order valence-corrected chi connectivity index (χ0v) is 19.7. The Kier molecular flexibility index (Phi) is 6.63. The van der Waals surface area contributed by atoms with Gasteiger partial charge in [-0.15, -0.1) is 11.3 Å². The molecule has 0 fully saturated rings. The normalized spacial score (nSPS) is 17.0. The van der Waals surface area contributed by atoms with E-state index in [2.05, 4.69) is 11.4 Å². The van der Waals surface area contributed by atoms with Gasteiger partial charge in [0, 0.05) is 22.7 Å². The van der Waals surface area contributed by atoms with E-state index in [1.54, 1.807) is 17.0 Å². The molecule has 2 amide bonds. The molecule has 35 heavy (non-hydrogen) atoms. The number of nitrogens with zero attached hydrogens (tertiary/aromatic N) is 3. The molecule has 2 heterocycles. The number of thiophene rings is 1. The third kappa shape index (κ3) is 4.77. The molecule has 1 aliphatic rings. The van der Waals surface area contributed by atoms with Crippen LogP contribution in [0.1, 0.15) is 57.0 Å². The molecule has 0 radical (unpaired) electrons. The topological polar surface area (TPSA) is 97.0 Å². The standard InChI is InChI=1S/C26H20F2N4O2S/c1-14(2)13-32-24(22-6-4-19(12-30)35-22)23(21-10-16(27)3-5-20(21)26(32)34)25(33)31-18-8-15(11-29)7-17(28)9-18/h3-10,14,23-24H,13H2,1-2H3,(H,31,33). The van der Waals surface area contributed by atoms with Crippen LogP contribution in [0.4, 0.5) is 14.5 Å². The fraction of sp³-hybridized carbons (Fsp3) is 0.231. The number of carbonyl (C=O) groups is 2. The summed E-state index contributed by atoms with van der Waals surface area (Å²) in [5, 5.41) is 21.1. The van der Waals surface area contributed by atoms with Gasteiger partial charge in [0.25, 0.3) is 5.91 Å². The number of nitriles is 2. The van der Waals surface area contributed by atoms with E-state index in [0.717, 1.165) is 23.5 Å². The van der Waals surface area contributed by atoms with Crippen LogP contribution in [0, 0.1) is 40.2 Å². The average Bonchev–Trinajstić information content (AvgIpc) is 3.28. The summed E-state index contributed by atoms with van der Waals surface area (Å²) in [5.74, 6) is -3.22. The van der Waals surface area contributed by atoms with E-state index < -0.39 is 29.5 Å². The number of anilines is 1. The number of rotatable bonds is 5. The van der Waals surface area contributed by atoms with Crippen molar-refractivity contribution < 1.29 is 18.4 Å². The van der Waals surface area contributed by atoms with Gasteiger partial charge in [-0.05, 0) is 60.0 Å². The molecule has 1 N–H and O–H groups in total. The molecule has 6 nitrogen and oxygen atoms in total. The molecule has 2 unspecified atom stereocenters. The molecule has 0 spiro atoms. The van der Waals surface area contributed by atoms with Crippen molar-refractivity contribution in [2.75, 3.05) is 11.9 Å². The van der Waals surface area contributed by atoms with Gasteiger partial charge in [0.2, 0.25) is 5.91 Å². The molecule has 9 heteroatoms. The van der Waals surface area contributed by atoms with Gasteiger partial charge in [0.1, 0.15) is 22.6 Å². The lowest BCUT2D eigenvalue weighted by atomic mass is 9.81. The molecule has 1 aliphatic heterocycles. The monoisotopic (exact) mass is 490 g/mol. The van der Waals surface area contributed by atoms with Crippen molar-refractivity contribution in [3.05, 3.63) is 86.6 Å². The second-order valence-electron chi connectivity index (χ2n) is 8.65. The number of hydrogen-bond acceptors (Lipinski definition) is 5. The highest BCUT2D eigenvalue weighted by Crippen LogP contribution is 2.45. The summed E-state index contributed by atoms with van der Waals surface area (Å²) in [6.07, 6.45) is 0. The first-order valence-corrected chi connectivity index (χ1v) is 11.6. The van der Waals surface area contributed by atoms with Crippen LogP contribution in [0.5, 0.6) is 0 Å². The van der Waals surface area contributed by atoms with Gasteiger partial charge in [0.15, 0.2) is 0 Å². The number of fused-ring (bicyclic) bond motifs is 1. The molecule has 2 aromatic carbocycles. The molecule has 0 saturated heterocycles. The zero-order valence-electron chi connectivity index (χ0n) is 18.9. The summed E-state index contributed by atoms with van der Waals surface area (Å²) < 4.78 is 28.4. The Morgan fingerprint density at radius 2 is 1.86 bits per heavy atom. The van der Waals surface area contributed by atoms with E-state index in [9.17, 15) is 23.6 Å². The first kappa shape index (κ1) is 24.1. The second kappa shape index (κ2) is 9.65. The summed E-state index contributed by atoms with van der Waals surface area (Å²) in [4.78, 5) is 29.8. The third-order valence-electron chi connectivity index (χ3n) is 5.66. The summed E-state index contributed by atoms with van der Waals surface area (Å²) in [6, 6.07) is 13.6. The molecule has 0 bridgehead atoms. The number of hydrogen-bond donors (Lipinski definition) is 1. The second-order valence-corrected chi connectivity index (χ2v) is 9.76. The van der Waals surface area contributed by atoms with Gasteiger partial charge in [-0.3, -0.25) is 9.59 Å². The Morgan fingerprint density at radius 1 is 1.09 bits per heavy atom. The van der Waals surface area contributed by atoms with E-state index >= 15 is 0 Å². The van der Waals surface area contributed by atoms with Gasteiger partial charge < -0.3 is 10.2 Å². The van der Waals surface area contributed by atoms with Crippen LogP contribution in [0.25, 0.3) is 0 Å². The first-order chi connectivity index (χ1) is 16.7. The van der Waals surface area contributed by atoms with Crippen molar-refractivity contribution in [1.29, 1.82) is 10.5 Å². The number of benzene rings is 2. The lowest BCUT2D eigenvalue weighted by Crippen LogP contribution is -2.47. The highest BCUT2D eigenvalue weighted by atomic mass is 32.1. The van der Waals surface area contributed by atoms with Crippen molar-refractivity contribution in [2.45, 2.75) is 25.8 Å². The van der Waals surface area contributed by atoms with Gasteiger partial charge in [-0.1, -0.05) is 13.8 Å². The fourth-order valence-corrected chi connectivity index (χ4v) is 5.28. The van der Waals surface area contributed by atoms with Crippen molar-refractivity contribution in [1.82, 2.24) is 4.90 Å². The minimum Gasteiger partial charge on any atom is -0.329 e. The Bertz CT molecular complexity index is 1400. The summed E-state index contributed by atoms with van der Waals surface area (Å²) in [5.41, 5.74) is 0.513. The van der Waals surface area contributed by atoms with Crippen molar-refractivity contribution in [3.63, 3.8) is 0 Å². The molecule has 0 saturated carbocycles. The maximum Gasteiger partial charge on any atom is 0.254 e. The van der Waals surface area contributed by atoms with E-state index in [4.69, 9.17) is 5.26 Å². The highest BCUT2D eigenvalue weighted by Gasteiger charge is 2.45. The van der Waals surface area contributed by atoms with Crippen molar-refractivity contribution in [2.24, 2.45) is 5.92 Å². The molecule has 2 atom stereocenters. The largest absolute Gasteiger partial charge is 0.329 e. The quantitative estimate of drug-likeness (QED) is 0.522. The predicted octanol–water partition coefficient (Wildman–Crippen LogP) is 5.35. The van der Waals surface area contributed by atoms with Crippen LogP contribution >= 0.6 is 11.3 Å². The maximum atomic E-state index is 14.3. The lowest BCUT2D eigenvalue weighted by molar-refractivity contribution is -0.119. The van der Waals surface area contributed by atoms with Crippen LogP contribution < -0.4 is 5.32 Å². The van der Waals surface area contributed by atoms with Gasteiger partial charge in [0.05, 0.1) is 23.6 Å². The number of nitrogens with one attached hydrogen (secondary N) is 1. The maximum absolute atomic E-state index is 14.3. The van der Waals surface area contributed by atoms with Crippen molar-refractivity contribution >= 4 is 28.8 Å². The average molecular weight is 491 g/mol. The highest BCUT2D eigenvalue weighted by molar-refractivity contribution is 7.12. The van der Waals surface area contributed by atoms with Crippen LogP contribution in [0.2, 0.25) is 0 Å². The van der Waals surface area contributed by atoms with E-state index in [-0.39, 0.29) is 34.2 Å². The number of amides is 2. The minimum absolute atomic E-state index is 0.0282. The fourth-order valence-electron chi connectivity index (χ4n) is 4.33. The molecule has 176 valence electrons. The lowest BCUT2D eigenvalue weighted by Gasteiger charge is -2.42. The van der Waals surface area contributed by atoms with Gasteiger partial charge >= 0.3 is 0 Å². The van der Waals surface area contributed by atoms with Crippen LogP contribution in [-0.2, 0) is 4.79 Å². The SMILES string of the molecule is CC(C)CN1C(=O)c2ccc(F)cc2C(C(=O)Nc2cc(F)cc(C#N)c2)C1c1ccc(C#N)s1.